The van der Waals surface area contributed by atoms with Crippen LogP contribution in [0.3, 0.4) is 0 Å². The fourth-order valence-electron chi connectivity index (χ4n) is 4.02. The van der Waals surface area contributed by atoms with Crippen LogP contribution in [-0.2, 0) is 6.42 Å². The molecule has 1 spiro atoms. The summed E-state index contributed by atoms with van der Waals surface area (Å²) in [5, 5.41) is 3.86. The van der Waals surface area contributed by atoms with Gasteiger partial charge >= 0.3 is 0 Å². The van der Waals surface area contributed by atoms with E-state index in [1.54, 1.807) is 4.88 Å². The Balaban J connectivity index is 1.67. The molecule has 1 aliphatic heterocycles. The summed E-state index contributed by atoms with van der Waals surface area (Å²) in [6, 6.07) is 5.89. The van der Waals surface area contributed by atoms with E-state index in [0.717, 1.165) is 6.54 Å². The molecule has 2 heterocycles. The molecule has 2 fully saturated rings. The van der Waals surface area contributed by atoms with Crippen LogP contribution in [0, 0.1) is 6.92 Å². The lowest BCUT2D eigenvalue weighted by molar-refractivity contribution is 0.0570. The number of nitrogens with one attached hydrogen (secondary N) is 1. The van der Waals surface area contributed by atoms with Crippen molar-refractivity contribution in [2.75, 3.05) is 13.1 Å². The summed E-state index contributed by atoms with van der Waals surface area (Å²) < 4.78 is 0. The molecule has 3 rings (SSSR count). The quantitative estimate of drug-likeness (QED) is 0.916. The standard InChI is InChI=1S/C17H28N2S/c1-13(10-16-7-6-15(3)20-16)19-12-17(8-4-5-9-17)18-11-14(19)2/h6-7,13-14,18H,4-5,8-12H2,1-3H3. The summed E-state index contributed by atoms with van der Waals surface area (Å²) in [7, 11) is 0. The third-order valence-electron chi connectivity index (χ3n) is 5.24. The highest BCUT2D eigenvalue weighted by molar-refractivity contribution is 7.11. The maximum absolute atomic E-state index is 3.86. The van der Waals surface area contributed by atoms with E-state index in [4.69, 9.17) is 0 Å². The molecule has 0 aromatic carbocycles. The molecule has 2 atom stereocenters. The molecule has 2 unspecified atom stereocenters. The molecule has 2 nitrogen and oxygen atoms in total. The van der Waals surface area contributed by atoms with Crippen LogP contribution < -0.4 is 5.32 Å². The molecule has 1 aliphatic carbocycles. The average molecular weight is 292 g/mol. The summed E-state index contributed by atoms with van der Waals surface area (Å²) in [6.45, 7) is 9.41. The second-order valence-corrected chi connectivity index (χ2v) is 8.33. The van der Waals surface area contributed by atoms with Crippen molar-refractivity contribution in [3.8, 4) is 0 Å². The topological polar surface area (TPSA) is 15.3 Å². The second kappa shape index (κ2) is 5.78. The average Bonchev–Trinajstić information content (AvgIpc) is 3.03. The molecule has 2 aliphatic rings. The molecule has 112 valence electrons. The third-order valence-corrected chi connectivity index (χ3v) is 6.27. The maximum Gasteiger partial charge on any atom is 0.0309 e. The Morgan fingerprint density at radius 3 is 2.80 bits per heavy atom. The van der Waals surface area contributed by atoms with Crippen LogP contribution in [0.15, 0.2) is 12.1 Å². The first-order chi connectivity index (χ1) is 9.58. The summed E-state index contributed by atoms with van der Waals surface area (Å²) in [4.78, 5) is 5.74. The van der Waals surface area contributed by atoms with Gasteiger partial charge in [-0.1, -0.05) is 12.8 Å². The molecule has 3 heteroatoms. The van der Waals surface area contributed by atoms with Crippen LogP contribution in [0.25, 0.3) is 0 Å². The van der Waals surface area contributed by atoms with Gasteiger partial charge in [0.25, 0.3) is 0 Å². The van der Waals surface area contributed by atoms with Crippen LogP contribution in [0.2, 0.25) is 0 Å². The fourth-order valence-corrected chi connectivity index (χ4v) is 5.03. The third kappa shape index (κ3) is 2.95. The van der Waals surface area contributed by atoms with E-state index in [2.05, 4.69) is 43.1 Å². The monoisotopic (exact) mass is 292 g/mol. The Morgan fingerprint density at radius 2 is 2.15 bits per heavy atom. The Labute approximate surface area is 127 Å². The van der Waals surface area contributed by atoms with Crippen molar-refractivity contribution >= 4 is 11.3 Å². The summed E-state index contributed by atoms with van der Waals surface area (Å²) in [6.07, 6.45) is 6.78. The molecule has 0 bridgehead atoms. The van der Waals surface area contributed by atoms with E-state index in [1.807, 2.05) is 11.3 Å². The van der Waals surface area contributed by atoms with Gasteiger partial charge in [-0.05, 0) is 52.2 Å². The van der Waals surface area contributed by atoms with Gasteiger partial charge in [-0.25, -0.2) is 0 Å². The molecule has 20 heavy (non-hydrogen) atoms. The first-order valence-corrected chi connectivity index (χ1v) is 8.96. The molecule has 1 N–H and O–H groups in total. The first kappa shape index (κ1) is 14.6. The summed E-state index contributed by atoms with van der Waals surface area (Å²) in [5.74, 6) is 0. The van der Waals surface area contributed by atoms with Crippen molar-refractivity contribution in [3.63, 3.8) is 0 Å². The van der Waals surface area contributed by atoms with Gasteiger partial charge in [0, 0.05) is 40.5 Å². The number of nitrogens with zero attached hydrogens (tertiary/aromatic N) is 1. The van der Waals surface area contributed by atoms with Crippen molar-refractivity contribution < 1.29 is 0 Å². The van der Waals surface area contributed by atoms with E-state index in [0.29, 0.717) is 17.6 Å². The van der Waals surface area contributed by atoms with E-state index < -0.39 is 0 Å². The minimum atomic E-state index is 0.437. The minimum Gasteiger partial charge on any atom is -0.308 e. The van der Waals surface area contributed by atoms with Crippen LogP contribution in [0.5, 0.6) is 0 Å². The van der Waals surface area contributed by atoms with Gasteiger partial charge in [0.2, 0.25) is 0 Å². The number of hydrogen-bond donors (Lipinski definition) is 1. The van der Waals surface area contributed by atoms with Gasteiger partial charge in [-0.2, -0.15) is 0 Å². The zero-order valence-corrected chi connectivity index (χ0v) is 13.9. The summed E-state index contributed by atoms with van der Waals surface area (Å²) >= 11 is 1.96. The fraction of sp³-hybridized carbons (Fsp3) is 0.765. The van der Waals surface area contributed by atoms with Crippen molar-refractivity contribution in [3.05, 3.63) is 21.9 Å². The predicted molar refractivity (Wildman–Crippen MR) is 87.6 cm³/mol. The Hall–Kier alpha value is -0.380. The smallest absolute Gasteiger partial charge is 0.0309 e. The Kier molecular flexibility index (Phi) is 4.21. The van der Waals surface area contributed by atoms with Gasteiger partial charge in [-0.15, -0.1) is 11.3 Å². The molecular weight excluding hydrogens is 264 g/mol. The van der Waals surface area contributed by atoms with Crippen LogP contribution in [0.1, 0.15) is 49.3 Å². The van der Waals surface area contributed by atoms with E-state index >= 15 is 0 Å². The zero-order chi connectivity index (χ0) is 14.2. The van der Waals surface area contributed by atoms with Gasteiger partial charge < -0.3 is 5.32 Å². The van der Waals surface area contributed by atoms with Crippen molar-refractivity contribution in [1.29, 1.82) is 0 Å². The highest BCUT2D eigenvalue weighted by atomic mass is 32.1. The van der Waals surface area contributed by atoms with E-state index in [9.17, 15) is 0 Å². The van der Waals surface area contributed by atoms with Crippen LogP contribution in [0.4, 0.5) is 0 Å². The molecule has 1 saturated heterocycles. The molecule has 1 aromatic rings. The van der Waals surface area contributed by atoms with Crippen molar-refractivity contribution in [2.45, 2.75) is 70.5 Å². The van der Waals surface area contributed by atoms with Gasteiger partial charge in [0.05, 0.1) is 0 Å². The van der Waals surface area contributed by atoms with Gasteiger partial charge in [0.1, 0.15) is 0 Å². The number of piperazine rings is 1. The van der Waals surface area contributed by atoms with Crippen LogP contribution in [-0.4, -0.2) is 35.6 Å². The SMILES string of the molecule is Cc1ccc(CC(C)N2CC3(CCCC3)NCC2C)s1. The highest BCUT2D eigenvalue weighted by Crippen LogP contribution is 2.34. The van der Waals surface area contributed by atoms with Crippen molar-refractivity contribution in [2.24, 2.45) is 0 Å². The lowest BCUT2D eigenvalue weighted by Gasteiger charge is -2.48. The number of hydrogen-bond acceptors (Lipinski definition) is 3. The van der Waals surface area contributed by atoms with E-state index in [-0.39, 0.29) is 0 Å². The Bertz CT molecular complexity index is 448. The van der Waals surface area contributed by atoms with E-state index in [1.165, 1.54) is 43.5 Å². The molecule has 0 radical (unpaired) electrons. The molecule has 1 saturated carbocycles. The first-order valence-electron chi connectivity index (χ1n) is 8.14. The molecule has 0 amide bonds. The number of thiophene rings is 1. The lowest BCUT2D eigenvalue weighted by atomic mass is 9.91. The number of aryl methyl sites for hydroxylation is 1. The molecular formula is C17H28N2S. The minimum absolute atomic E-state index is 0.437. The van der Waals surface area contributed by atoms with Crippen molar-refractivity contribution in [1.82, 2.24) is 10.2 Å². The second-order valence-electron chi connectivity index (χ2n) is 6.96. The van der Waals surface area contributed by atoms with Gasteiger partial charge in [-0.3, -0.25) is 4.90 Å². The molecule has 1 aromatic heterocycles. The predicted octanol–water partition coefficient (Wildman–Crippen LogP) is 3.59. The van der Waals surface area contributed by atoms with Crippen LogP contribution >= 0.6 is 11.3 Å². The maximum atomic E-state index is 3.86. The largest absolute Gasteiger partial charge is 0.308 e. The number of rotatable bonds is 3. The Morgan fingerprint density at radius 1 is 1.40 bits per heavy atom. The highest BCUT2D eigenvalue weighted by Gasteiger charge is 2.41. The lowest BCUT2D eigenvalue weighted by Crippen LogP contribution is -2.64. The van der Waals surface area contributed by atoms with Gasteiger partial charge in [0.15, 0.2) is 0 Å². The normalized spacial score (nSPS) is 28.1. The summed E-state index contributed by atoms with van der Waals surface area (Å²) in [5.41, 5.74) is 0.437. The zero-order valence-electron chi connectivity index (χ0n) is 13.1.